The Morgan fingerprint density at radius 3 is 2.45 bits per heavy atom. The maximum atomic E-state index is 11.8. The first kappa shape index (κ1) is 16.1. The number of nitrogens with two attached hydrogens (primary N) is 1. The van der Waals surface area contributed by atoms with Gasteiger partial charge in [-0.3, -0.25) is 9.89 Å². The maximum Gasteiger partial charge on any atom is 0.241 e. The van der Waals surface area contributed by atoms with E-state index in [1.165, 1.54) is 6.33 Å². The number of amides is 1. The maximum absolute atomic E-state index is 11.8. The molecule has 0 fully saturated rings. The Morgan fingerprint density at radius 2 is 1.95 bits per heavy atom. The van der Waals surface area contributed by atoms with Gasteiger partial charge in [0.1, 0.15) is 6.33 Å². The van der Waals surface area contributed by atoms with Crippen LogP contribution in [0.4, 0.5) is 5.69 Å². The zero-order chi connectivity index (χ0) is 13.8. The molecule has 0 aliphatic heterocycles. The van der Waals surface area contributed by atoms with Gasteiger partial charge in [0.15, 0.2) is 5.82 Å². The molecule has 0 aliphatic rings. The van der Waals surface area contributed by atoms with Crippen LogP contribution in [0.3, 0.4) is 0 Å². The highest BCUT2D eigenvalue weighted by Gasteiger charge is 2.17. The van der Waals surface area contributed by atoms with E-state index in [4.69, 9.17) is 5.73 Å². The van der Waals surface area contributed by atoms with E-state index in [9.17, 15) is 4.79 Å². The summed E-state index contributed by atoms with van der Waals surface area (Å²) in [6, 6.07) is 6.83. The Kier molecular flexibility index (Phi) is 5.66. The summed E-state index contributed by atoms with van der Waals surface area (Å²) in [6.45, 7) is 3.83. The van der Waals surface area contributed by atoms with Crippen LogP contribution in [0, 0.1) is 5.92 Å². The number of carbonyl (C=O) groups excluding carboxylic acids is 1. The van der Waals surface area contributed by atoms with Crippen molar-refractivity contribution >= 4 is 24.0 Å². The Balaban J connectivity index is 0.00000200. The SMILES string of the molecule is CC(C)[C@H](N)C(=O)Nc1ccc(-c2ncn[nH]2)cc1.Cl. The van der Waals surface area contributed by atoms with Gasteiger partial charge in [-0.25, -0.2) is 4.98 Å². The normalized spacial score (nSPS) is 11.8. The third-order valence-corrected chi connectivity index (χ3v) is 2.86. The van der Waals surface area contributed by atoms with E-state index in [-0.39, 0.29) is 24.2 Å². The fraction of sp³-hybridized carbons (Fsp3) is 0.308. The summed E-state index contributed by atoms with van der Waals surface area (Å²) >= 11 is 0. The Morgan fingerprint density at radius 1 is 1.30 bits per heavy atom. The Labute approximate surface area is 123 Å². The van der Waals surface area contributed by atoms with Crippen LogP contribution >= 0.6 is 12.4 Å². The van der Waals surface area contributed by atoms with Crippen molar-refractivity contribution in [2.75, 3.05) is 5.32 Å². The van der Waals surface area contributed by atoms with Crippen molar-refractivity contribution in [3.63, 3.8) is 0 Å². The third kappa shape index (κ3) is 3.79. The molecule has 6 nitrogen and oxygen atoms in total. The van der Waals surface area contributed by atoms with Crippen LogP contribution in [0.2, 0.25) is 0 Å². The zero-order valence-corrected chi connectivity index (χ0v) is 12.1. The van der Waals surface area contributed by atoms with Crippen molar-refractivity contribution < 1.29 is 4.79 Å². The fourth-order valence-corrected chi connectivity index (χ4v) is 1.58. The molecule has 0 saturated carbocycles. The summed E-state index contributed by atoms with van der Waals surface area (Å²) in [4.78, 5) is 15.9. The lowest BCUT2D eigenvalue weighted by Gasteiger charge is -2.15. The molecule has 0 aliphatic carbocycles. The molecule has 1 aromatic carbocycles. The Hall–Kier alpha value is -1.92. The van der Waals surface area contributed by atoms with E-state index in [1.54, 1.807) is 0 Å². The van der Waals surface area contributed by atoms with Gasteiger partial charge in [0.25, 0.3) is 0 Å². The van der Waals surface area contributed by atoms with E-state index in [2.05, 4.69) is 20.5 Å². The summed E-state index contributed by atoms with van der Waals surface area (Å²) in [5, 5.41) is 9.35. The standard InChI is InChI=1S/C13H17N5O.ClH/c1-8(2)11(14)13(19)17-10-5-3-9(4-6-10)12-15-7-16-18-12;/h3-8,11H,14H2,1-2H3,(H,17,19)(H,15,16,18);1H/t11-;/m0./s1. The van der Waals surface area contributed by atoms with Crippen LogP contribution in [0.1, 0.15) is 13.8 Å². The molecule has 7 heteroatoms. The predicted octanol–water partition coefficient (Wildman–Crippen LogP) is 1.82. The van der Waals surface area contributed by atoms with Gasteiger partial charge < -0.3 is 11.1 Å². The molecule has 1 aromatic heterocycles. The molecule has 2 aromatic rings. The highest BCUT2D eigenvalue weighted by atomic mass is 35.5. The van der Waals surface area contributed by atoms with Gasteiger partial charge in [0.05, 0.1) is 6.04 Å². The van der Waals surface area contributed by atoms with E-state index in [0.29, 0.717) is 11.5 Å². The number of hydrogen-bond donors (Lipinski definition) is 3. The molecule has 4 N–H and O–H groups in total. The zero-order valence-electron chi connectivity index (χ0n) is 11.3. The van der Waals surface area contributed by atoms with Crippen LogP contribution in [-0.2, 0) is 4.79 Å². The van der Waals surface area contributed by atoms with Crippen molar-refractivity contribution in [3.05, 3.63) is 30.6 Å². The van der Waals surface area contributed by atoms with Crippen LogP contribution in [0.25, 0.3) is 11.4 Å². The van der Waals surface area contributed by atoms with Crippen molar-refractivity contribution in [2.24, 2.45) is 11.7 Å². The topological polar surface area (TPSA) is 96.7 Å². The molecule has 0 bridgehead atoms. The molecule has 1 heterocycles. The average Bonchev–Trinajstić information content (AvgIpc) is 2.92. The first-order valence-corrected chi connectivity index (χ1v) is 6.10. The number of aromatic nitrogens is 3. The van der Waals surface area contributed by atoms with Crippen LogP contribution < -0.4 is 11.1 Å². The molecule has 2 rings (SSSR count). The summed E-state index contributed by atoms with van der Waals surface area (Å²) in [5.74, 6) is 0.618. The summed E-state index contributed by atoms with van der Waals surface area (Å²) in [6.07, 6.45) is 1.45. The van der Waals surface area contributed by atoms with E-state index < -0.39 is 6.04 Å². The molecule has 0 unspecified atom stereocenters. The molecule has 108 valence electrons. The second kappa shape index (κ2) is 7.02. The number of rotatable bonds is 4. The van der Waals surface area contributed by atoms with Crippen molar-refractivity contribution in [3.8, 4) is 11.4 Å². The number of nitrogens with one attached hydrogen (secondary N) is 2. The van der Waals surface area contributed by atoms with E-state index in [1.807, 2.05) is 38.1 Å². The number of halogens is 1. The fourth-order valence-electron chi connectivity index (χ4n) is 1.58. The quantitative estimate of drug-likeness (QED) is 0.801. The number of carbonyl (C=O) groups is 1. The minimum atomic E-state index is -0.506. The first-order valence-electron chi connectivity index (χ1n) is 6.10. The smallest absolute Gasteiger partial charge is 0.241 e. The predicted molar refractivity (Wildman–Crippen MR) is 80.5 cm³/mol. The minimum absolute atomic E-state index is 0. The second-order valence-corrected chi connectivity index (χ2v) is 4.67. The third-order valence-electron chi connectivity index (χ3n) is 2.86. The second-order valence-electron chi connectivity index (χ2n) is 4.67. The van der Waals surface area contributed by atoms with Crippen LogP contribution in [-0.4, -0.2) is 27.1 Å². The van der Waals surface area contributed by atoms with Crippen LogP contribution in [0.15, 0.2) is 30.6 Å². The molecule has 0 saturated heterocycles. The van der Waals surface area contributed by atoms with Gasteiger partial charge in [-0.2, -0.15) is 5.10 Å². The number of aromatic amines is 1. The van der Waals surface area contributed by atoms with Gasteiger partial charge in [0, 0.05) is 11.3 Å². The number of nitrogens with zero attached hydrogens (tertiary/aromatic N) is 2. The molecule has 1 atom stereocenters. The lowest BCUT2D eigenvalue weighted by Crippen LogP contribution is -2.39. The molecule has 0 spiro atoms. The van der Waals surface area contributed by atoms with Crippen LogP contribution in [0.5, 0.6) is 0 Å². The highest BCUT2D eigenvalue weighted by Crippen LogP contribution is 2.17. The summed E-state index contributed by atoms with van der Waals surface area (Å²) < 4.78 is 0. The highest BCUT2D eigenvalue weighted by molar-refractivity contribution is 5.95. The summed E-state index contributed by atoms with van der Waals surface area (Å²) in [7, 11) is 0. The largest absolute Gasteiger partial charge is 0.325 e. The monoisotopic (exact) mass is 295 g/mol. The Bertz CT molecular complexity index is 538. The van der Waals surface area contributed by atoms with Gasteiger partial charge in [0.2, 0.25) is 5.91 Å². The average molecular weight is 296 g/mol. The van der Waals surface area contributed by atoms with E-state index >= 15 is 0 Å². The molecular formula is C13H18ClN5O. The lowest BCUT2D eigenvalue weighted by molar-refractivity contribution is -0.118. The molecular weight excluding hydrogens is 278 g/mol. The van der Waals surface area contributed by atoms with Crippen molar-refractivity contribution in [1.82, 2.24) is 15.2 Å². The summed E-state index contributed by atoms with van der Waals surface area (Å²) in [5.41, 5.74) is 7.40. The number of H-pyrrole nitrogens is 1. The van der Waals surface area contributed by atoms with Crippen molar-refractivity contribution in [2.45, 2.75) is 19.9 Å². The number of benzene rings is 1. The van der Waals surface area contributed by atoms with Gasteiger partial charge in [-0.15, -0.1) is 12.4 Å². The lowest BCUT2D eigenvalue weighted by atomic mass is 10.0. The number of hydrogen-bond acceptors (Lipinski definition) is 4. The van der Waals surface area contributed by atoms with Crippen molar-refractivity contribution in [1.29, 1.82) is 0 Å². The molecule has 1 amide bonds. The number of anilines is 1. The molecule has 20 heavy (non-hydrogen) atoms. The minimum Gasteiger partial charge on any atom is -0.325 e. The first-order chi connectivity index (χ1) is 9.08. The van der Waals surface area contributed by atoms with E-state index in [0.717, 1.165) is 5.56 Å². The molecule has 0 radical (unpaired) electrons. The van der Waals surface area contributed by atoms with Gasteiger partial charge in [-0.05, 0) is 30.2 Å². The van der Waals surface area contributed by atoms with Gasteiger partial charge in [-0.1, -0.05) is 13.8 Å². The van der Waals surface area contributed by atoms with Gasteiger partial charge >= 0.3 is 0 Å².